The van der Waals surface area contributed by atoms with Crippen molar-refractivity contribution in [3.63, 3.8) is 0 Å². The third kappa shape index (κ3) is 3.90. The summed E-state index contributed by atoms with van der Waals surface area (Å²) in [4.78, 5) is 0. The molecule has 0 amide bonds. The van der Waals surface area contributed by atoms with Gasteiger partial charge in [0.15, 0.2) is 0 Å². The van der Waals surface area contributed by atoms with Crippen LogP contribution in [0.2, 0.25) is 0 Å². The summed E-state index contributed by atoms with van der Waals surface area (Å²) in [6.07, 6.45) is -3.15. The normalized spacial score (nSPS) is 20.3. The van der Waals surface area contributed by atoms with Crippen molar-refractivity contribution in [3.8, 4) is 0 Å². The summed E-state index contributed by atoms with van der Waals surface area (Å²) in [6.45, 7) is 1.98. The lowest BCUT2D eigenvalue weighted by Gasteiger charge is -2.11. The van der Waals surface area contributed by atoms with Gasteiger partial charge in [0.1, 0.15) is 0 Å². The van der Waals surface area contributed by atoms with Crippen LogP contribution < -0.4 is 10.0 Å². The molecule has 0 radical (unpaired) electrons. The molecule has 0 bridgehead atoms. The minimum absolute atomic E-state index is 0.462. The fraction of sp³-hybridized carbons (Fsp3) is 0.500. The fourth-order valence-corrected chi connectivity index (χ4v) is 2.67. The van der Waals surface area contributed by atoms with Gasteiger partial charge in [0, 0.05) is 18.3 Å². The molecule has 0 spiro atoms. The largest absolute Gasteiger partial charge is 0.416 e. The van der Waals surface area contributed by atoms with Gasteiger partial charge in [0.2, 0.25) is 0 Å². The molecule has 1 saturated heterocycles. The molecule has 1 unspecified atom stereocenters. The lowest BCUT2D eigenvalue weighted by Crippen LogP contribution is -2.25. The van der Waals surface area contributed by atoms with Gasteiger partial charge in [-0.3, -0.25) is 4.72 Å². The topological polar surface area (TPSA) is 24.1 Å². The molecule has 0 aromatic heterocycles. The molecular weight excluding hydrogens is 261 g/mol. The Kier molecular flexibility index (Phi) is 4.53. The van der Waals surface area contributed by atoms with Crippen LogP contribution in [0.4, 0.5) is 13.2 Å². The van der Waals surface area contributed by atoms with E-state index in [-0.39, 0.29) is 0 Å². The zero-order valence-corrected chi connectivity index (χ0v) is 10.6. The van der Waals surface area contributed by atoms with Crippen molar-refractivity contribution in [2.24, 2.45) is 0 Å². The summed E-state index contributed by atoms with van der Waals surface area (Å²) in [5.41, 5.74) is 0.302. The van der Waals surface area contributed by atoms with E-state index < -0.39 is 11.7 Å². The summed E-state index contributed by atoms with van der Waals surface area (Å²) in [5, 5.41) is 3.24. The van der Waals surface area contributed by atoms with Crippen molar-refractivity contribution in [2.45, 2.75) is 24.4 Å². The molecule has 1 aromatic carbocycles. The molecule has 2 N–H and O–H groups in total. The summed E-state index contributed by atoms with van der Waals surface area (Å²) in [5.74, 6) is 0.675. The van der Waals surface area contributed by atoms with Gasteiger partial charge in [-0.2, -0.15) is 13.2 Å². The predicted molar refractivity (Wildman–Crippen MR) is 67.1 cm³/mol. The maximum atomic E-state index is 12.4. The molecule has 1 fully saturated rings. The molecule has 6 heteroatoms. The first-order chi connectivity index (χ1) is 8.55. The van der Waals surface area contributed by atoms with Crippen molar-refractivity contribution in [3.05, 3.63) is 35.4 Å². The van der Waals surface area contributed by atoms with Gasteiger partial charge in [-0.15, -0.1) is 0 Å². The first kappa shape index (κ1) is 13.7. The van der Waals surface area contributed by atoms with E-state index in [4.69, 9.17) is 0 Å². The molecule has 1 atom stereocenters. The standard InChI is InChI=1S/C12H15F3N2S/c13-12(14,15)10-3-1-9(2-4-10)8-18-17-11-5-6-16-7-11/h1-4,11,16-17H,5-8H2. The molecule has 1 heterocycles. The van der Waals surface area contributed by atoms with Gasteiger partial charge < -0.3 is 5.32 Å². The number of hydrogen-bond acceptors (Lipinski definition) is 3. The van der Waals surface area contributed by atoms with Crippen molar-refractivity contribution >= 4 is 11.9 Å². The molecule has 2 rings (SSSR count). The maximum Gasteiger partial charge on any atom is 0.416 e. The minimum Gasteiger partial charge on any atom is -0.315 e. The predicted octanol–water partition coefficient (Wildman–Crippen LogP) is 2.81. The van der Waals surface area contributed by atoms with E-state index in [9.17, 15) is 13.2 Å². The van der Waals surface area contributed by atoms with Crippen LogP contribution in [0.25, 0.3) is 0 Å². The van der Waals surface area contributed by atoms with E-state index in [1.54, 1.807) is 11.9 Å². The van der Waals surface area contributed by atoms with Crippen molar-refractivity contribution in [1.82, 2.24) is 10.0 Å². The molecule has 1 aromatic rings. The zero-order chi connectivity index (χ0) is 13.0. The number of benzene rings is 1. The Hall–Kier alpha value is -0.720. The first-order valence-corrected chi connectivity index (χ1v) is 6.78. The number of nitrogens with one attached hydrogen (secondary N) is 2. The van der Waals surface area contributed by atoms with Crippen LogP contribution in [0.15, 0.2) is 24.3 Å². The molecular formula is C12H15F3N2S. The summed E-state index contributed by atoms with van der Waals surface area (Å²) in [6, 6.07) is 5.79. The van der Waals surface area contributed by atoms with Crippen LogP contribution in [-0.4, -0.2) is 19.1 Å². The van der Waals surface area contributed by atoms with Crippen LogP contribution >= 0.6 is 11.9 Å². The Morgan fingerprint density at radius 3 is 2.56 bits per heavy atom. The number of halogens is 3. The van der Waals surface area contributed by atoms with E-state index in [1.165, 1.54) is 12.1 Å². The SMILES string of the molecule is FC(F)(F)c1ccc(CSNC2CCNC2)cc1. The average molecular weight is 276 g/mol. The molecule has 2 nitrogen and oxygen atoms in total. The van der Waals surface area contributed by atoms with Gasteiger partial charge in [-0.25, -0.2) is 0 Å². The Labute approximate surface area is 108 Å². The smallest absolute Gasteiger partial charge is 0.315 e. The molecule has 100 valence electrons. The Bertz CT molecular complexity index is 372. The van der Waals surface area contributed by atoms with Crippen LogP contribution in [-0.2, 0) is 11.9 Å². The lowest BCUT2D eigenvalue weighted by atomic mass is 10.1. The number of rotatable bonds is 4. The third-order valence-corrected chi connectivity index (χ3v) is 3.81. The van der Waals surface area contributed by atoms with Gasteiger partial charge in [0.05, 0.1) is 5.56 Å². The van der Waals surface area contributed by atoms with E-state index in [0.29, 0.717) is 11.8 Å². The van der Waals surface area contributed by atoms with E-state index in [2.05, 4.69) is 10.0 Å². The second kappa shape index (κ2) is 5.95. The second-order valence-electron chi connectivity index (χ2n) is 4.29. The van der Waals surface area contributed by atoms with E-state index in [1.807, 2.05) is 0 Å². The summed E-state index contributed by atoms with van der Waals surface area (Å²) >= 11 is 1.55. The van der Waals surface area contributed by atoms with Crippen LogP contribution in [0.5, 0.6) is 0 Å². The monoisotopic (exact) mass is 276 g/mol. The van der Waals surface area contributed by atoms with E-state index in [0.717, 1.165) is 37.2 Å². The van der Waals surface area contributed by atoms with Gasteiger partial charge >= 0.3 is 6.18 Å². The van der Waals surface area contributed by atoms with E-state index >= 15 is 0 Å². The third-order valence-electron chi connectivity index (χ3n) is 2.83. The quantitative estimate of drug-likeness (QED) is 0.827. The maximum absolute atomic E-state index is 12.4. The Balaban J connectivity index is 1.79. The molecule has 1 aliphatic heterocycles. The molecule has 18 heavy (non-hydrogen) atoms. The highest BCUT2D eigenvalue weighted by Gasteiger charge is 2.29. The highest BCUT2D eigenvalue weighted by molar-refractivity contribution is 7.96. The number of alkyl halides is 3. The first-order valence-electron chi connectivity index (χ1n) is 5.80. The van der Waals surface area contributed by atoms with Crippen LogP contribution in [0, 0.1) is 0 Å². The fourth-order valence-electron chi connectivity index (χ4n) is 1.79. The molecule has 0 aliphatic carbocycles. The second-order valence-corrected chi connectivity index (χ2v) is 5.10. The van der Waals surface area contributed by atoms with Crippen LogP contribution in [0.3, 0.4) is 0 Å². The lowest BCUT2D eigenvalue weighted by molar-refractivity contribution is -0.137. The minimum atomic E-state index is -4.25. The molecule has 1 aliphatic rings. The summed E-state index contributed by atoms with van der Waals surface area (Å²) in [7, 11) is 0. The zero-order valence-electron chi connectivity index (χ0n) is 9.76. The highest BCUT2D eigenvalue weighted by Crippen LogP contribution is 2.29. The van der Waals surface area contributed by atoms with Gasteiger partial charge in [0.25, 0.3) is 0 Å². The van der Waals surface area contributed by atoms with Crippen molar-refractivity contribution in [2.75, 3.05) is 13.1 Å². The number of hydrogen-bond donors (Lipinski definition) is 2. The van der Waals surface area contributed by atoms with Crippen molar-refractivity contribution < 1.29 is 13.2 Å². The highest BCUT2D eigenvalue weighted by atomic mass is 32.2. The Morgan fingerprint density at radius 1 is 1.28 bits per heavy atom. The van der Waals surface area contributed by atoms with Crippen molar-refractivity contribution in [1.29, 1.82) is 0 Å². The average Bonchev–Trinajstić information content (AvgIpc) is 2.82. The van der Waals surface area contributed by atoms with Gasteiger partial charge in [-0.05, 0) is 30.7 Å². The molecule has 0 saturated carbocycles. The van der Waals surface area contributed by atoms with Crippen LogP contribution in [0.1, 0.15) is 17.5 Å². The van der Waals surface area contributed by atoms with Gasteiger partial charge in [-0.1, -0.05) is 24.1 Å². The Morgan fingerprint density at radius 2 is 2.00 bits per heavy atom. The summed E-state index contributed by atoms with van der Waals surface area (Å²) < 4.78 is 40.4.